The van der Waals surface area contributed by atoms with E-state index in [1.54, 1.807) is 23.6 Å². The van der Waals surface area contributed by atoms with Crippen molar-refractivity contribution in [2.24, 2.45) is 5.10 Å². The summed E-state index contributed by atoms with van der Waals surface area (Å²) in [6.45, 7) is 0. The third kappa shape index (κ3) is 3.32. The molecular weight excluding hydrogens is 364 g/mol. The number of benzene rings is 1. The quantitative estimate of drug-likeness (QED) is 0.540. The van der Waals surface area contributed by atoms with Crippen molar-refractivity contribution >= 4 is 39.4 Å². The maximum absolute atomic E-state index is 12.0. The predicted octanol–water partition coefficient (Wildman–Crippen LogP) is 3.66. The molecule has 5 nitrogen and oxygen atoms in total. The van der Waals surface area contributed by atoms with Gasteiger partial charge in [-0.15, -0.1) is 11.3 Å². The summed E-state index contributed by atoms with van der Waals surface area (Å²) in [5, 5.41) is 12.8. The first kappa shape index (κ1) is 14.7. The average Bonchev–Trinajstić information content (AvgIpc) is 3.20. The molecule has 0 saturated carbocycles. The van der Waals surface area contributed by atoms with Gasteiger partial charge in [0.25, 0.3) is 5.91 Å². The summed E-state index contributed by atoms with van der Waals surface area (Å²) in [5.74, 6) is -0.359. The first-order chi connectivity index (χ1) is 10.7. The highest BCUT2D eigenvalue weighted by molar-refractivity contribution is 9.10. The lowest BCUT2D eigenvalue weighted by molar-refractivity contribution is 0.0950. The van der Waals surface area contributed by atoms with Crippen molar-refractivity contribution in [3.05, 3.63) is 63.6 Å². The second kappa shape index (κ2) is 6.67. The summed E-state index contributed by atoms with van der Waals surface area (Å²) in [7, 11) is 0. The molecule has 0 aliphatic carbocycles. The number of thiophene rings is 1. The van der Waals surface area contributed by atoms with Crippen molar-refractivity contribution in [1.82, 2.24) is 15.6 Å². The maximum atomic E-state index is 12.0. The van der Waals surface area contributed by atoms with Crippen LogP contribution in [-0.4, -0.2) is 22.3 Å². The molecule has 1 aromatic carbocycles. The van der Waals surface area contributed by atoms with E-state index in [2.05, 4.69) is 36.7 Å². The van der Waals surface area contributed by atoms with Gasteiger partial charge in [-0.1, -0.05) is 40.2 Å². The normalized spacial score (nSPS) is 11.0. The number of H-pyrrole nitrogens is 1. The van der Waals surface area contributed by atoms with E-state index in [0.717, 1.165) is 20.6 Å². The lowest BCUT2D eigenvalue weighted by Crippen LogP contribution is -2.18. The molecule has 0 unspecified atom stereocenters. The molecule has 110 valence electrons. The summed E-state index contributed by atoms with van der Waals surface area (Å²) in [4.78, 5) is 13.0. The van der Waals surface area contributed by atoms with Crippen molar-refractivity contribution < 1.29 is 4.79 Å². The van der Waals surface area contributed by atoms with Gasteiger partial charge in [0.1, 0.15) is 0 Å². The number of carbonyl (C=O) groups is 1. The predicted molar refractivity (Wildman–Crippen MR) is 91.1 cm³/mol. The second-order valence-corrected chi connectivity index (χ2v) is 6.17. The van der Waals surface area contributed by atoms with Crippen LogP contribution < -0.4 is 5.43 Å². The molecular formula is C15H11BrN4OS. The molecule has 2 aromatic heterocycles. The molecule has 0 radical (unpaired) electrons. The summed E-state index contributed by atoms with van der Waals surface area (Å²) in [5.41, 5.74) is 4.46. The van der Waals surface area contributed by atoms with E-state index in [1.165, 1.54) is 0 Å². The molecule has 3 rings (SSSR count). The average molecular weight is 375 g/mol. The zero-order valence-corrected chi connectivity index (χ0v) is 13.7. The van der Waals surface area contributed by atoms with E-state index in [-0.39, 0.29) is 5.91 Å². The van der Waals surface area contributed by atoms with E-state index >= 15 is 0 Å². The Kier molecular flexibility index (Phi) is 4.45. The van der Waals surface area contributed by atoms with E-state index in [9.17, 15) is 4.79 Å². The lowest BCUT2D eigenvalue weighted by atomic mass is 10.2. The molecule has 2 heterocycles. The zero-order valence-electron chi connectivity index (χ0n) is 11.3. The van der Waals surface area contributed by atoms with Gasteiger partial charge in [0, 0.05) is 10.0 Å². The summed E-state index contributed by atoms with van der Waals surface area (Å²) < 4.78 is 0.910. The monoisotopic (exact) mass is 374 g/mol. The number of aromatic amines is 1. The number of hydrogen-bond donors (Lipinski definition) is 2. The highest BCUT2D eigenvalue weighted by atomic mass is 79.9. The molecule has 22 heavy (non-hydrogen) atoms. The van der Waals surface area contributed by atoms with Gasteiger partial charge in [0.15, 0.2) is 5.69 Å². The molecule has 0 bridgehead atoms. The molecule has 1 amide bonds. The Bertz CT molecular complexity index is 811. The van der Waals surface area contributed by atoms with Crippen molar-refractivity contribution in [1.29, 1.82) is 0 Å². The Morgan fingerprint density at radius 1 is 1.32 bits per heavy atom. The fourth-order valence-corrected chi connectivity index (χ4v) is 2.87. The van der Waals surface area contributed by atoms with Crippen LogP contribution in [0, 0.1) is 0 Å². The Balaban J connectivity index is 1.67. The Labute approximate surface area is 139 Å². The van der Waals surface area contributed by atoms with Gasteiger partial charge in [-0.25, -0.2) is 5.43 Å². The number of halogens is 1. The van der Waals surface area contributed by atoms with Crippen LogP contribution in [0.2, 0.25) is 0 Å². The topological polar surface area (TPSA) is 70.1 Å². The first-order valence-electron chi connectivity index (χ1n) is 6.41. The van der Waals surface area contributed by atoms with Gasteiger partial charge < -0.3 is 0 Å². The number of nitrogens with one attached hydrogen (secondary N) is 2. The standard InChI is InChI=1S/C15H11BrN4OS/c16-11-5-2-1-4-10(11)9-17-20-15(21)13-8-12(18-19-13)14-6-3-7-22-14/h1-9H,(H,18,19)(H,20,21)/b17-9+. The SMILES string of the molecule is O=C(N/N=C/c1ccccc1Br)c1cc(-c2cccs2)[nH]n1. The van der Waals surface area contributed by atoms with Crippen molar-refractivity contribution in [2.75, 3.05) is 0 Å². The highest BCUT2D eigenvalue weighted by Crippen LogP contribution is 2.22. The first-order valence-corrected chi connectivity index (χ1v) is 8.08. The van der Waals surface area contributed by atoms with Gasteiger partial charge in [-0.2, -0.15) is 10.2 Å². The minimum Gasteiger partial charge on any atom is -0.276 e. The van der Waals surface area contributed by atoms with Crippen LogP contribution in [0.3, 0.4) is 0 Å². The number of rotatable bonds is 4. The third-order valence-electron chi connectivity index (χ3n) is 2.87. The smallest absolute Gasteiger partial charge is 0.276 e. The van der Waals surface area contributed by atoms with Crippen LogP contribution >= 0.6 is 27.3 Å². The molecule has 0 atom stereocenters. The minimum absolute atomic E-state index is 0.299. The van der Waals surface area contributed by atoms with Crippen LogP contribution in [0.5, 0.6) is 0 Å². The van der Waals surface area contributed by atoms with Crippen molar-refractivity contribution in [3.63, 3.8) is 0 Å². The second-order valence-electron chi connectivity index (χ2n) is 4.36. The van der Waals surface area contributed by atoms with E-state index in [1.807, 2.05) is 41.8 Å². The number of hydrogen-bond acceptors (Lipinski definition) is 4. The number of carbonyl (C=O) groups excluding carboxylic acids is 1. The molecule has 0 saturated heterocycles. The molecule has 3 aromatic rings. The molecule has 0 fully saturated rings. The van der Waals surface area contributed by atoms with Gasteiger partial charge in [-0.05, 0) is 23.6 Å². The van der Waals surface area contributed by atoms with Crippen molar-refractivity contribution in [3.8, 4) is 10.6 Å². The van der Waals surface area contributed by atoms with E-state index < -0.39 is 0 Å². The van der Waals surface area contributed by atoms with Crippen LogP contribution in [-0.2, 0) is 0 Å². The maximum Gasteiger partial charge on any atom is 0.291 e. The van der Waals surface area contributed by atoms with Crippen LogP contribution in [0.25, 0.3) is 10.6 Å². The van der Waals surface area contributed by atoms with Crippen LogP contribution in [0.15, 0.2) is 57.4 Å². The van der Waals surface area contributed by atoms with E-state index in [0.29, 0.717) is 5.69 Å². The van der Waals surface area contributed by atoms with Crippen LogP contribution in [0.1, 0.15) is 16.1 Å². The van der Waals surface area contributed by atoms with Crippen LogP contribution in [0.4, 0.5) is 0 Å². The molecule has 2 N–H and O–H groups in total. The van der Waals surface area contributed by atoms with Gasteiger partial charge in [0.2, 0.25) is 0 Å². The molecule has 0 aliphatic rings. The molecule has 0 spiro atoms. The fourth-order valence-electron chi connectivity index (χ4n) is 1.79. The number of nitrogens with zero attached hydrogens (tertiary/aromatic N) is 2. The molecule has 0 aliphatic heterocycles. The third-order valence-corrected chi connectivity index (χ3v) is 4.50. The minimum atomic E-state index is -0.359. The zero-order chi connectivity index (χ0) is 15.4. The van der Waals surface area contributed by atoms with Gasteiger partial charge in [-0.3, -0.25) is 9.89 Å². The van der Waals surface area contributed by atoms with Gasteiger partial charge in [0.05, 0.1) is 16.8 Å². The molecule has 7 heteroatoms. The summed E-state index contributed by atoms with van der Waals surface area (Å²) in [6, 6.07) is 13.2. The lowest BCUT2D eigenvalue weighted by Gasteiger charge is -1.97. The fraction of sp³-hybridized carbons (Fsp3) is 0. The summed E-state index contributed by atoms with van der Waals surface area (Å²) in [6.07, 6.45) is 1.58. The highest BCUT2D eigenvalue weighted by Gasteiger charge is 2.11. The number of amides is 1. The number of hydrazone groups is 1. The van der Waals surface area contributed by atoms with E-state index in [4.69, 9.17) is 0 Å². The Hall–Kier alpha value is -2.25. The summed E-state index contributed by atoms with van der Waals surface area (Å²) >= 11 is 4.99. The number of aromatic nitrogens is 2. The van der Waals surface area contributed by atoms with Gasteiger partial charge >= 0.3 is 0 Å². The van der Waals surface area contributed by atoms with Crippen molar-refractivity contribution in [2.45, 2.75) is 0 Å². The Morgan fingerprint density at radius 2 is 2.18 bits per heavy atom. The Morgan fingerprint density at radius 3 is 2.95 bits per heavy atom. The largest absolute Gasteiger partial charge is 0.291 e.